The van der Waals surface area contributed by atoms with Gasteiger partial charge in [-0.3, -0.25) is 0 Å². The van der Waals surface area contributed by atoms with Crippen LogP contribution >= 0.6 is 0 Å². The first kappa shape index (κ1) is 22.6. The molecule has 1 aromatic heterocycles. The van der Waals surface area contributed by atoms with Crippen LogP contribution in [-0.2, 0) is 33.7 Å². The Balaban J connectivity index is 1.42. The van der Waals surface area contributed by atoms with Gasteiger partial charge in [-0.05, 0) is 62.5 Å². The first-order valence-corrected chi connectivity index (χ1v) is 11.6. The van der Waals surface area contributed by atoms with Gasteiger partial charge >= 0.3 is 6.09 Å². The minimum Gasteiger partial charge on any atom is -0.612 e. The van der Waals surface area contributed by atoms with E-state index in [4.69, 9.17) is 14.0 Å². The molecule has 0 bridgehead atoms. The zero-order valence-electron chi connectivity index (χ0n) is 17.9. The minimum atomic E-state index is -0.991. The number of hydrogen-bond donors (Lipinski definition) is 0. The average Bonchev–Trinajstić information content (AvgIpc) is 3.13. The summed E-state index contributed by atoms with van der Waals surface area (Å²) in [5.74, 6) is 1.02. The predicted molar refractivity (Wildman–Crippen MR) is 111 cm³/mol. The number of benzene rings is 1. The molecule has 8 nitrogen and oxygen atoms in total. The van der Waals surface area contributed by atoms with E-state index in [2.05, 4.69) is 10.1 Å². The van der Waals surface area contributed by atoms with Crippen molar-refractivity contribution >= 4 is 17.3 Å². The van der Waals surface area contributed by atoms with Crippen molar-refractivity contribution in [3.63, 3.8) is 0 Å². The van der Waals surface area contributed by atoms with Crippen LogP contribution in [0.5, 0.6) is 0 Å². The van der Waals surface area contributed by atoms with Crippen LogP contribution in [-0.4, -0.2) is 56.7 Å². The number of nitrogens with zero attached hydrogens (tertiary/aromatic N) is 3. The van der Waals surface area contributed by atoms with Crippen LogP contribution in [0.25, 0.3) is 0 Å². The molecule has 30 heavy (non-hydrogen) atoms. The number of aromatic nitrogens is 2. The SMILES string of the molecule is C[S+]([O-])c1ccc(Cc2nc(COC3CCN(C(=O)OC(C)(C)C)CC3)no2)cc1. The van der Waals surface area contributed by atoms with Gasteiger partial charge in [0.1, 0.15) is 18.5 Å². The van der Waals surface area contributed by atoms with Gasteiger partial charge in [-0.2, -0.15) is 4.98 Å². The molecule has 164 valence electrons. The maximum atomic E-state index is 12.1. The Morgan fingerprint density at radius 3 is 2.53 bits per heavy atom. The van der Waals surface area contributed by atoms with E-state index in [-0.39, 0.29) is 18.8 Å². The molecule has 0 aliphatic carbocycles. The molecule has 2 heterocycles. The lowest BCUT2D eigenvalue weighted by Crippen LogP contribution is -2.43. The van der Waals surface area contributed by atoms with Gasteiger partial charge in [0.05, 0.1) is 12.5 Å². The number of carbonyl (C=O) groups is 1. The van der Waals surface area contributed by atoms with Crippen molar-refractivity contribution in [1.82, 2.24) is 15.0 Å². The molecule has 0 radical (unpaired) electrons. The largest absolute Gasteiger partial charge is 0.612 e. The summed E-state index contributed by atoms with van der Waals surface area (Å²) in [6.07, 6.45) is 3.43. The molecule has 1 saturated heterocycles. The number of carbonyl (C=O) groups excluding carboxylic acids is 1. The number of ether oxygens (including phenoxy) is 2. The molecule has 1 amide bonds. The van der Waals surface area contributed by atoms with Gasteiger partial charge in [-0.15, -0.1) is 0 Å². The van der Waals surface area contributed by atoms with E-state index in [0.717, 1.165) is 23.3 Å². The minimum absolute atomic E-state index is 0.0492. The van der Waals surface area contributed by atoms with Gasteiger partial charge < -0.3 is 23.4 Å². The van der Waals surface area contributed by atoms with Gasteiger partial charge in [-0.25, -0.2) is 4.79 Å². The van der Waals surface area contributed by atoms with Crippen molar-refractivity contribution < 1.29 is 23.3 Å². The van der Waals surface area contributed by atoms with Gasteiger partial charge in [-0.1, -0.05) is 17.3 Å². The Hall–Kier alpha value is -2.10. The fourth-order valence-corrected chi connectivity index (χ4v) is 3.64. The summed E-state index contributed by atoms with van der Waals surface area (Å²) in [5, 5.41) is 3.98. The second-order valence-corrected chi connectivity index (χ2v) is 9.74. The van der Waals surface area contributed by atoms with Crippen molar-refractivity contribution in [3.05, 3.63) is 41.5 Å². The van der Waals surface area contributed by atoms with Gasteiger partial charge in [0.2, 0.25) is 5.89 Å². The summed E-state index contributed by atoms with van der Waals surface area (Å²) in [5.41, 5.74) is 0.521. The van der Waals surface area contributed by atoms with E-state index in [1.54, 1.807) is 11.2 Å². The summed E-state index contributed by atoms with van der Waals surface area (Å²) >= 11 is -0.991. The number of piperidine rings is 1. The highest BCUT2D eigenvalue weighted by molar-refractivity contribution is 7.90. The molecule has 1 aromatic carbocycles. The molecule has 0 spiro atoms. The maximum Gasteiger partial charge on any atom is 0.410 e. The maximum absolute atomic E-state index is 12.1. The smallest absolute Gasteiger partial charge is 0.410 e. The summed E-state index contributed by atoms with van der Waals surface area (Å²) in [6.45, 7) is 7.08. The van der Waals surface area contributed by atoms with E-state index in [9.17, 15) is 9.35 Å². The van der Waals surface area contributed by atoms with E-state index in [1.807, 2.05) is 45.0 Å². The Morgan fingerprint density at radius 1 is 1.27 bits per heavy atom. The monoisotopic (exact) mass is 435 g/mol. The number of likely N-dealkylation sites (tertiary alicyclic amines) is 1. The molecule has 9 heteroatoms. The highest BCUT2D eigenvalue weighted by Gasteiger charge is 2.27. The van der Waals surface area contributed by atoms with Gasteiger partial charge in [0, 0.05) is 13.1 Å². The van der Waals surface area contributed by atoms with E-state index >= 15 is 0 Å². The van der Waals surface area contributed by atoms with Crippen LogP contribution in [0.1, 0.15) is 50.9 Å². The molecule has 1 aliphatic heterocycles. The van der Waals surface area contributed by atoms with E-state index in [1.165, 1.54) is 0 Å². The third-order valence-corrected chi connectivity index (χ3v) is 5.60. The van der Waals surface area contributed by atoms with Crippen LogP contribution in [0.2, 0.25) is 0 Å². The molecular weight excluding hydrogens is 406 g/mol. The highest BCUT2D eigenvalue weighted by atomic mass is 32.2. The van der Waals surface area contributed by atoms with Crippen LogP contribution < -0.4 is 0 Å². The van der Waals surface area contributed by atoms with Crippen LogP contribution in [0.4, 0.5) is 4.79 Å². The molecule has 1 atom stereocenters. The fraction of sp³-hybridized carbons (Fsp3) is 0.571. The molecule has 1 aliphatic rings. The zero-order chi connectivity index (χ0) is 21.7. The molecule has 1 fully saturated rings. The summed E-state index contributed by atoms with van der Waals surface area (Å²) in [7, 11) is 0. The molecule has 2 aromatic rings. The first-order chi connectivity index (χ1) is 14.2. The van der Waals surface area contributed by atoms with Gasteiger partial charge in [0.25, 0.3) is 0 Å². The quantitative estimate of drug-likeness (QED) is 0.642. The topological polar surface area (TPSA) is 101 Å². The van der Waals surface area contributed by atoms with Crippen molar-refractivity contribution in [1.29, 1.82) is 0 Å². The van der Waals surface area contributed by atoms with Crippen LogP contribution in [0.15, 0.2) is 33.7 Å². The predicted octanol–water partition coefficient (Wildman–Crippen LogP) is 3.31. The number of amides is 1. The Kier molecular flexibility index (Phi) is 7.38. The Morgan fingerprint density at radius 2 is 1.93 bits per heavy atom. The Bertz CT molecular complexity index is 824. The molecular formula is C21H29N3O5S. The van der Waals surface area contributed by atoms with E-state index in [0.29, 0.717) is 31.2 Å². The molecule has 0 saturated carbocycles. The van der Waals surface area contributed by atoms with Gasteiger partial charge in [0.15, 0.2) is 10.7 Å². The average molecular weight is 436 g/mol. The fourth-order valence-electron chi connectivity index (χ4n) is 3.12. The Labute approximate surface area is 180 Å². The third-order valence-electron chi connectivity index (χ3n) is 4.66. The molecule has 1 unspecified atom stereocenters. The highest BCUT2D eigenvalue weighted by Crippen LogP contribution is 2.19. The number of hydrogen-bond acceptors (Lipinski definition) is 7. The van der Waals surface area contributed by atoms with Crippen LogP contribution in [0.3, 0.4) is 0 Å². The summed E-state index contributed by atoms with van der Waals surface area (Å²) in [6, 6.07) is 7.51. The zero-order valence-corrected chi connectivity index (χ0v) is 18.7. The van der Waals surface area contributed by atoms with Crippen molar-refractivity contribution in [2.24, 2.45) is 0 Å². The van der Waals surface area contributed by atoms with E-state index < -0.39 is 16.8 Å². The number of rotatable bonds is 6. The second-order valence-electron chi connectivity index (χ2n) is 8.36. The van der Waals surface area contributed by atoms with Crippen LogP contribution in [0, 0.1) is 0 Å². The first-order valence-electron chi connectivity index (χ1n) is 10.0. The summed E-state index contributed by atoms with van der Waals surface area (Å²) < 4.78 is 28.1. The standard InChI is InChI=1S/C21H29N3O5S/c1-21(2,3)28-20(25)24-11-9-16(10-12-24)27-14-18-22-19(29-23-18)13-15-5-7-17(8-6-15)30(4)26/h5-8,16H,9-14H2,1-4H3. The molecule has 3 rings (SSSR count). The lowest BCUT2D eigenvalue weighted by atomic mass is 10.1. The lowest BCUT2D eigenvalue weighted by molar-refractivity contribution is -0.0190. The summed E-state index contributed by atoms with van der Waals surface area (Å²) in [4.78, 5) is 19.0. The molecule has 0 N–H and O–H groups in total. The van der Waals surface area contributed by atoms with Crippen molar-refractivity contribution in [3.8, 4) is 0 Å². The van der Waals surface area contributed by atoms with Crippen molar-refractivity contribution in [2.75, 3.05) is 19.3 Å². The van der Waals surface area contributed by atoms with Crippen molar-refractivity contribution in [2.45, 2.75) is 63.2 Å². The lowest BCUT2D eigenvalue weighted by Gasteiger charge is -2.33. The second kappa shape index (κ2) is 9.80. The normalized spacial score (nSPS) is 16.5. The third kappa shape index (κ3) is 6.72.